The highest BCUT2D eigenvalue weighted by Crippen LogP contribution is 2.39. The number of nitrogens with one attached hydrogen (secondary N) is 1. The topological polar surface area (TPSA) is 71.0 Å². The van der Waals surface area contributed by atoms with Gasteiger partial charge in [0.25, 0.3) is 5.91 Å². The number of aliphatic hydroxyl groups excluding tert-OH is 1. The highest BCUT2D eigenvalue weighted by atomic mass is 16.7. The Kier molecular flexibility index (Phi) is 10.7. The molecule has 4 aromatic carbocycles. The van der Waals surface area contributed by atoms with Crippen LogP contribution >= 0.6 is 0 Å². The summed E-state index contributed by atoms with van der Waals surface area (Å²) in [6.07, 6.45) is 6.79. The van der Waals surface area contributed by atoms with Crippen molar-refractivity contribution in [2.24, 2.45) is 0 Å². The zero-order valence-electron chi connectivity index (χ0n) is 25.9. The van der Waals surface area contributed by atoms with Gasteiger partial charge in [0.05, 0.1) is 18.8 Å². The molecule has 234 valence electrons. The number of nitrogens with zero attached hydrogens (tertiary/aromatic N) is 1. The molecule has 45 heavy (non-hydrogen) atoms. The van der Waals surface area contributed by atoms with Crippen molar-refractivity contribution in [1.29, 1.82) is 0 Å². The van der Waals surface area contributed by atoms with Gasteiger partial charge in [0, 0.05) is 30.6 Å². The predicted molar refractivity (Wildman–Crippen MR) is 177 cm³/mol. The van der Waals surface area contributed by atoms with Gasteiger partial charge in [-0.2, -0.15) is 0 Å². The lowest BCUT2D eigenvalue weighted by Crippen LogP contribution is -2.40. The Bertz CT molecular complexity index is 1500. The molecule has 0 aliphatic carbocycles. The molecule has 2 aliphatic rings. The van der Waals surface area contributed by atoms with Crippen LogP contribution in [0, 0.1) is 0 Å². The van der Waals surface area contributed by atoms with Gasteiger partial charge in [0.1, 0.15) is 0 Å². The first-order chi connectivity index (χ1) is 22.1. The second-order valence-corrected chi connectivity index (χ2v) is 12.3. The molecule has 1 amide bonds. The van der Waals surface area contributed by atoms with E-state index in [1.807, 2.05) is 54.6 Å². The van der Waals surface area contributed by atoms with Crippen molar-refractivity contribution in [1.82, 2.24) is 10.2 Å². The van der Waals surface area contributed by atoms with E-state index in [0.29, 0.717) is 12.1 Å². The highest BCUT2D eigenvalue weighted by molar-refractivity contribution is 5.94. The van der Waals surface area contributed by atoms with Gasteiger partial charge >= 0.3 is 0 Å². The first-order valence-electron chi connectivity index (χ1n) is 16.4. The number of rotatable bonds is 9. The fraction of sp³-hybridized carbons (Fsp3) is 0.359. The Morgan fingerprint density at radius 3 is 2.18 bits per heavy atom. The molecule has 0 aromatic heterocycles. The van der Waals surface area contributed by atoms with Crippen LogP contribution in [0.1, 0.15) is 83.5 Å². The number of carbonyl (C=O) groups excluding carboxylic acids is 1. The van der Waals surface area contributed by atoms with Crippen LogP contribution in [0.5, 0.6) is 0 Å². The monoisotopic (exact) mass is 604 g/mol. The number of carbonyl (C=O) groups is 1. The Balaban J connectivity index is 1.15. The Morgan fingerprint density at radius 2 is 1.44 bits per heavy atom. The van der Waals surface area contributed by atoms with E-state index in [9.17, 15) is 9.90 Å². The average molecular weight is 605 g/mol. The minimum atomic E-state index is -0.463. The number of benzene rings is 4. The molecule has 2 N–H and O–H groups in total. The molecule has 0 unspecified atom stereocenters. The quantitative estimate of drug-likeness (QED) is 0.206. The van der Waals surface area contributed by atoms with E-state index in [1.165, 1.54) is 32.1 Å². The molecule has 2 saturated heterocycles. The molecular formula is C39H44N2O4. The van der Waals surface area contributed by atoms with Gasteiger partial charge in [-0.25, -0.2) is 0 Å². The van der Waals surface area contributed by atoms with E-state index in [2.05, 4.69) is 58.7 Å². The van der Waals surface area contributed by atoms with E-state index in [0.717, 1.165) is 59.4 Å². The maximum Gasteiger partial charge on any atom is 0.251 e. The van der Waals surface area contributed by atoms with Crippen LogP contribution in [-0.2, 0) is 22.6 Å². The summed E-state index contributed by atoms with van der Waals surface area (Å²) < 4.78 is 13.3. The van der Waals surface area contributed by atoms with Crippen LogP contribution in [0.4, 0.5) is 0 Å². The minimum Gasteiger partial charge on any atom is -0.392 e. The fourth-order valence-electron chi connectivity index (χ4n) is 6.38. The van der Waals surface area contributed by atoms with Gasteiger partial charge in [0.2, 0.25) is 0 Å². The Morgan fingerprint density at radius 1 is 0.733 bits per heavy atom. The Labute approximate surface area is 267 Å². The third kappa shape index (κ3) is 8.47. The normalized spacial score (nSPS) is 21.0. The summed E-state index contributed by atoms with van der Waals surface area (Å²) in [6.45, 7) is 3.67. The summed E-state index contributed by atoms with van der Waals surface area (Å²) >= 11 is 0. The molecule has 0 bridgehead atoms. The lowest BCUT2D eigenvalue weighted by molar-refractivity contribution is -0.253. The van der Waals surface area contributed by atoms with Gasteiger partial charge in [-0.05, 0) is 71.9 Å². The average Bonchev–Trinajstić information content (AvgIpc) is 3.09. The SMILES string of the molecule is O=C(NCc1cccc(-c2ccc([C@@H]3O[C@H](CN4CCCCCCC4)C[C@H](c4ccc(CO)cc4)O3)cc2)c1)c1ccccc1. The number of amides is 1. The summed E-state index contributed by atoms with van der Waals surface area (Å²) in [5, 5.41) is 12.6. The van der Waals surface area contributed by atoms with Crippen LogP contribution in [0.25, 0.3) is 11.1 Å². The van der Waals surface area contributed by atoms with Crippen LogP contribution in [0.2, 0.25) is 0 Å². The molecule has 3 atom stereocenters. The van der Waals surface area contributed by atoms with Crippen LogP contribution in [0.15, 0.2) is 103 Å². The lowest BCUT2D eigenvalue weighted by Gasteiger charge is -2.38. The zero-order chi connectivity index (χ0) is 30.8. The molecule has 0 spiro atoms. The number of aliphatic hydroxyl groups is 1. The number of ether oxygens (including phenoxy) is 2. The molecule has 2 aliphatic heterocycles. The van der Waals surface area contributed by atoms with Crippen LogP contribution in [-0.4, -0.2) is 41.7 Å². The van der Waals surface area contributed by atoms with Crippen molar-refractivity contribution < 1.29 is 19.4 Å². The van der Waals surface area contributed by atoms with Gasteiger partial charge in [-0.1, -0.05) is 104 Å². The van der Waals surface area contributed by atoms with E-state index in [4.69, 9.17) is 9.47 Å². The summed E-state index contributed by atoms with van der Waals surface area (Å²) in [4.78, 5) is 15.1. The number of hydrogen-bond acceptors (Lipinski definition) is 5. The Hall–Kier alpha value is -3.81. The molecule has 0 saturated carbocycles. The first-order valence-corrected chi connectivity index (χ1v) is 16.4. The number of hydrogen-bond donors (Lipinski definition) is 2. The van der Waals surface area contributed by atoms with Crippen LogP contribution < -0.4 is 5.32 Å². The van der Waals surface area contributed by atoms with Crippen molar-refractivity contribution in [2.75, 3.05) is 19.6 Å². The molecule has 6 nitrogen and oxygen atoms in total. The van der Waals surface area contributed by atoms with Crippen molar-refractivity contribution >= 4 is 5.91 Å². The smallest absolute Gasteiger partial charge is 0.251 e. The number of likely N-dealkylation sites (tertiary alicyclic amines) is 1. The van der Waals surface area contributed by atoms with Crippen LogP contribution in [0.3, 0.4) is 0 Å². The van der Waals surface area contributed by atoms with Gasteiger partial charge in [-0.15, -0.1) is 0 Å². The van der Waals surface area contributed by atoms with Gasteiger partial charge < -0.3 is 24.8 Å². The van der Waals surface area contributed by atoms with Gasteiger partial charge in [-0.3, -0.25) is 4.79 Å². The predicted octanol–water partition coefficient (Wildman–Crippen LogP) is 7.59. The third-order valence-electron chi connectivity index (χ3n) is 8.96. The molecule has 2 fully saturated rings. The maximum atomic E-state index is 12.5. The zero-order valence-corrected chi connectivity index (χ0v) is 25.9. The van der Waals surface area contributed by atoms with Gasteiger partial charge in [0.15, 0.2) is 6.29 Å². The standard InChI is InChI=1S/C39H44N2O4/c42-28-29-14-16-32(17-15-29)37-25-36(27-41-22-7-2-1-3-8-23-41)44-39(45-37)34-20-18-31(19-21-34)35-13-9-10-30(24-35)26-40-38(43)33-11-5-4-6-12-33/h4-6,9-21,24,36-37,39,42H,1-3,7-8,22-23,25-28H2,(H,40,43)/t36-,37+,39+/m0/s1. The van der Waals surface area contributed by atoms with E-state index >= 15 is 0 Å². The van der Waals surface area contributed by atoms with E-state index in [1.54, 1.807) is 0 Å². The highest BCUT2D eigenvalue weighted by Gasteiger charge is 2.33. The summed E-state index contributed by atoms with van der Waals surface area (Å²) in [7, 11) is 0. The maximum absolute atomic E-state index is 12.5. The first kappa shape index (κ1) is 31.2. The van der Waals surface area contributed by atoms with E-state index in [-0.39, 0.29) is 24.7 Å². The molecular weight excluding hydrogens is 560 g/mol. The molecule has 0 radical (unpaired) electrons. The van der Waals surface area contributed by atoms with Crippen molar-refractivity contribution in [3.05, 3.63) is 131 Å². The third-order valence-corrected chi connectivity index (χ3v) is 8.96. The lowest BCUT2D eigenvalue weighted by atomic mass is 9.98. The summed E-state index contributed by atoms with van der Waals surface area (Å²) in [5.74, 6) is -0.0786. The van der Waals surface area contributed by atoms with E-state index < -0.39 is 6.29 Å². The fourth-order valence-corrected chi connectivity index (χ4v) is 6.38. The summed E-state index contributed by atoms with van der Waals surface area (Å²) in [6, 6.07) is 34.1. The van der Waals surface area contributed by atoms with Crippen molar-refractivity contribution in [3.8, 4) is 11.1 Å². The largest absolute Gasteiger partial charge is 0.392 e. The molecule has 4 aromatic rings. The molecule has 2 heterocycles. The second-order valence-electron chi connectivity index (χ2n) is 12.3. The second kappa shape index (κ2) is 15.5. The molecule has 6 heteroatoms. The van der Waals surface area contributed by atoms with Crippen molar-refractivity contribution in [3.63, 3.8) is 0 Å². The summed E-state index contributed by atoms with van der Waals surface area (Å²) in [5.41, 5.74) is 6.91. The molecule has 6 rings (SSSR count). The minimum absolute atomic E-state index is 0.0344. The van der Waals surface area contributed by atoms with Crippen molar-refractivity contribution in [2.45, 2.75) is 70.2 Å².